The number of carbonyl (C=O) groups excluding carboxylic acids is 2. The van der Waals surface area contributed by atoms with Gasteiger partial charge in [0.15, 0.2) is 23.0 Å². The zero-order valence-corrected chi connectivity index (χ0v) is 17.5. The van der Waals surface area contributed by atoms with Gasteiger partial charge in [-0.3, -0.25) is 14.5 Å². The Morgan fingerprint density at radius 3 is 2.56 bits per heavy atom. The minimum Gasteiger partial charge on any atom is -0.506 e. The molecule has 2 aromatic carbocycles. The first-order valence-corrected chi connectivity index (χ1v) is 10.00. The second-order valence-corrected chi connectivity index (χ2v) is 7.38. The highest BCUT2D eigenvalue weighted by Crippen LogP contribution is 2.46. The van der Waals surface area contributed by atoms with Crippen LogP contribution in [0.5, 0.6) is 17.2 Å². The first-order valence-electron chi connectivity index (χ1n) is 9.62. The molecule has 3 N–H and O–H groups in total. The fourth-order valence-electron chi connectivity index (χ4n) is 3.60. The number of ketones is 1. The van der Waals surface area contributed by atoms with E-state index in [0.717, 1.165) is 4.90 Å². The van der Waals surface area contributed by atoms with E-state index in [4.69, 9.17) is 20.8 Å². The molecule has 8 nitrogen and oxygen atoms in total. The number of phenols is 2. The van der Waals surface area contributed by atoms with E-state index in [1.54, 1.807) is 6.92 Å². The van der Waals surface area contributed by atoms with Gasteiger partial charge in [0.1, 0.15) is 5.75 Å². The number of aromatic hydroxyl groups is 2. The number of rotatable bonds is 6. The summed E-state index contributed by atoms with van der Waals surface area (Å²) in [4.78, 5) is 27.4. The highest BCUT2D eigenvalue weighted by Gasteiger charge is 2.46. The lowest BCUT2D eigenvalue weighted by molar-refractivity contribution is -0.117. The van der Waals surface area contributed by atoms with Crippen molar-refractivity contribution in [2.75, 3.05) is 11.5 Å². The van der Waals surface area contributed by atoms with E-state index in [0.29, 0.717) is 5.56 Å². The molecule has 32 heavy (non-hydrogen) atoms. The molecule has 0 spiro atoms. The highest BCUT2D eigenvalue weighted by atomic mass is 35.5. The predicted molar refractivity (Wildman–Crippen MR) is 115 cm³/mol. The number of hydrogen-bond acceptors (Lipinski definition) is 7. The SMILES string of the molecule is CCOc1cc(C2C(C(=O)c3ccco3)=C(O)C(=O)N2c2cc(Cl)ccc2O)ccc1O. The van der Waals surface area contributed by atoms with Crippen molar-refractivity contribution in [3.63, 3.8) is 0 Å². The van der Waals surface area contributed by atoms with Crippen LogP contribution in [0.25, 0.3) is 0 Å². The third-order valence-electron chi connectivity index (χ3n) is 4.99. The van der Waals surface area contributed by atoms with Crippen LogP contribution in [0.2, 0.25) is 5.02 Å². The van der Waals surface area contributed by atoms with Crippen molar-refractivity contribution in [3.8, 4) is 17.2 Å². The quantitative estimate of drug-likeness (QED) is 0.467. The Morgan fingerprint density at radius 1 is 1.12 bits per heavy atom. The molecular formula is C23H18ClNO7. The molecule has 2 heterocycles. The Balaban J connectivity index is 1.93. The number of nitrogens with zero attached hydrogens (tertiary/aromatic N) is 1. The summed E-state index contributed by atoms with van der Waals surface area (Å²) in [7, 11) is 0. The summed E-state index contributed by atoms with van der Waals surface area (Å²) in [6.45, 7) is 2.00. The lowest BCUT2D eigenvalue weighted by atomic mass is 9.94. The topological polar surface area (TPSA) is 120 Å². The lowest BCUT2D eigenvalue weighted by Crippen LogP contribution is -2.31. The summed E-state index contributed by atoms with van der Waals surface area (Å²) in [5, 5.41) is 31.5. The third kappa shape index (κ3) is 3.54. The summed E-state index contributed by atoms with van der Waals surface area (Å²) in [5.41, 5.74) is 0.0859. The van der Waals surface area contributed by atoms with Crippen molar-refractivity contribution in [3.05, 3.63) is 82.5 Å². The maximum atomic E-state index is 13.2. The fraction of sp³-hybridized carbons (Fsp3) is 0.130. The van der Waals surface area contributed by atoms with Crippen LogP contribution < -0.4 is 9.64 Å². The zero-order valence-electron chi connectivity index (χ0n) is 16.8. The van der Waals surface area contributed by atoms with Gasteiger partial charge in [-0.15, -0.1) is 0 Å². The number of phenolic OH excluding ortho intramolecular Hbond substituents is 2. The monoisotopic (exact) mass is 455 g/mol. The van der Waals surface area contributed by atoms with Gasteiger partial charge in [-0.25, -0.2) is 0 Å². The number of aliphatic hydroxyl groups excluding tert-OH is 1. The Labute approximate surface area is 187 Å². The van der Waals surface area contributed by atoms with Gasteiger partial charge in [-0.1, -0.05) is 17.7 Å². The second-order valence-electron chi connectivity index (χ2n) is 6.94. The molecule has 0 radical (unpaired) electrons. The maximum Gasteiger partial charge on any atom is 0.294 e. The molecule has 0 bridgehead atoms. The van der Waals surface area contributed by atoms with Crippen molar-refractivity contribution in [1.29, 1.82) is 0 Å². The standard InChI is InChI=1S/C23H18ClNO7/c1-2-31-18-10-12(5-7-16(18)27)20-19(21(28)17-4-3-9-32-17)22(29)23(30)25(20)14-11-13(24)6-8-15(14)26/h3-11,20,26-27,29H,2H2,1H3. The van der Waals surface area contributed by atoms with Crippen LogP contribution in [0.15, 0.2) is 70.5 Å². The minimum atomic E-state index is -1.16. The minimum absolute atomic E-state index is 0.00710. The van der Waals surface area contributed by atoms with Crippen molar-refractivity contribution < 1.29 is 34.1 Å². The van der Waals surface area contributed by atoms with E-state index in [2.05, 4.69) is 0 Å². The van der Waals surface area contributed by atoms with Gasteiger partial charge in [0, 0.05) is 5.02 Å². The molecule has 0 saturated carbocycles. The van der Waals surface area contributed by atoms with Crippen LogP contribution in [0, 0.1) is 0 Å². The summed E-state index contributed by atoms with van der Waals surface area (Å²) in [6, 6.07) is 10.1. The first kappa shape index (κ1) is 21.3. The Morgan fingerprint density at radius 2 is 1.88 bits per heavy atom. The van der Waals surface area contributed by atoms with Gasteiger partial charge < -0.3 is 24.5 Å². The number of aliphatic hydroxyl groups is 1. The maximum absolute atomic E-state index is 13.2. The van der Waals surface area contributed by atoms with Gasteiger partial charge in [-0.2, -0.15) is 0 Å². The van der Waals surface area contributed by atoms with Crippen molar-refractivity contribution in [1.82, 2.24) is 0 Å². The third-order valence-corrected chi connectivity index (χ3v) is 5.23. The molecule has 1 aromatic heterocycles. The first-order chi connectivity index (χ1) is 15.3. The predicted octanol–water partition coefficient (Wildman–Crippen LogP) is 4.53. The Bertz CT molecular complexity index is 1230. The number of Topliss-reactive ketones (excluding diaryl/α,β-unsaturated/α-hetero) is 1. The molecule has 1 aliphatic rings. The molecule has 0 saturated heterocycles. The summed E-state index contributed by atoms with van der Waals surface area (Å²) < 4.78 is 10.6. The molecule has 0 aliphatic carbocycles. The van der Waals surface area contributed by atoms with Crippen LogP contribution in [0.3, 0.4) is 0 Å². The van der Waals surface area contributed by atoms with Crippen LogP contribution >= 0.6 is 11.6 Å². The van der Waals surface area contributed by atoms with Crippen molar-refractivity contribution in [2.24, 2.45) is 0 Å². The second kappa shape index (κ2) is 8.32. The van der Waals surface area contributed by atoms with E-state index < -0.39 is 23.5 Å². The Hall–Kier alpha value is -3.91. The average molecular weight is 456 g/mol. The fourth-order valence-corrected chi connectivity index (χ4v) is 3.77. The van der Waals surface area contributed by atoms with E-state index >= 15 is 0 Å². The molecule has 3 aromatic rings. The number of hydrogen-bond donors (Lipinski definition) is 3. The molecular weight excluding hydrogens is 438 g/mol. The van der Waals surface area contributed by atoms with E-state index in [9.17, 15) is 24.9 Å². The van der Waals surface area contributed by atoms with Gasteiger partial charge >= 0.3 is 0 Å². The number of anilines is 1. The number of carbonyl (C=O) groups is 2. The van der Waals surface area contributed by atoms with Gasteiger partial charge in [0.2, 0.25) is 5.78 Å². The molecule has 1 unspecified atom stereocenters. The highest BCUT2D eigenvalue weighted by molar-refractivity contribution is 6.31. The molecule has 9 heteroatoms. The Kier molecular flexibility index (Phi) is 5.54. The number of amides is 1. The molecule has 4 rings (SSSR count). The van der Waals surface area contributed by atoms with Crippen LogP contribution in [0.4, 0.5) is 5.69 Å². The van der Waals surface area contributed by atoms with Gasteiger partial charge in [-0.05, 0) is 55.0 Å². The zero-order chi connectivity index (χ0) is 23.0. The number of ether oxygens (including phenoxy) is 1. The smallest absolute Gasteiger partial charge is 0.294 e. The van der Waals surface area contributed by atoms with E-state index in [1.165, 1.54) is 54.8 Å². The summed E-state index contributed by atoms with van der Waals surface area (Å²) in [5.74, 6) is -2.77. The lowest BCUT2D eigenvalue weighted by Gasteiger charge is -2.27. The molecule has 164 valence electrons. The van der Waals surface area contributed by atoms with Crippen LogP contribution in [0.1, 0.15) is 29.1 Å². The van der Waals surface area contributed by atoms with Gasteiger partial charge in [0.05, 0.1) is 30.2 Å². The number of halogens is 1. The molecule has 1 aliphatic heterocycles. The number of benzene rings is 2. The van der Waals surface area contributed by atoms with E-state index in [-0.39, 0.29) is 45.9 Å². The van der Waals surface area contributed by atoms with Crippen molar-refractivity contribution >= 4 is 29.0 Å². The molecule has 1 atom stereocenters. The van der Waals surface area contributed by atoms with Crippen LogP contribution in [-0.2, 0) is 4.79 Å². The largest absolute Gasteiger partial charge is 0.506 e. The summed E-state index contributed by atoms with van der Waals surface area (Å²) in [6.07, 6.45) is 1.30. The summed E-state index contributed by atoms with van der Waals surface area (Å²) >= 11 is 6.08. The molecule has 0 fully saturated rings. The van der Waals surface area contributed by atoms with Gasteiger partial charge in [0.25, 0.3) is 5.91 Å². The van der Waals surface area contributed by atoms with E-state index in [1.807, 2.05) is 0 Å². The number of furan rings is 1. The average Bonchev–Trinajstić information content (AvgIpc) is 3.39. The van der Waals surface area contributed by atoms with Crippen molar-refractivity contribution in [2.45, 2.75) is 13.0 Å². The normalized spacial score (nSPS) is 16.0. The molecule has 1 amide bonds. The van der Waals surface area contributed by atoms with Crippen LogP contribution in [-0.4, -0.2) is 33.6 Å².